The van der Waals surface area contributed by atoms with Gasteiger partial charge < -0.3 is 20.4 Å². The van der Waals surface area contributed by atoms with Gasteiger partial charge in [-0.2, -0.15) is 0 Å². The predicted octanol–water partition coefficient (Wildman–Crippen LogP) is 4.68. The molecule has 0 unspecified atom stereocenters. The molecular weight excluding hydrogens is 412 g/mol. The molecule has 3 rings (SSSR count). The SMILES string of the molecule is C=C1/C(=C\C=C2/CCC[C@]3(C)[C@@H]([C@@H](C)[C@@H](O)C#CC(O)(CC)CC)CC[C@@H]23)C[C@@H](O)C[C@@H]1O. The summed E-state index contributed by atoms with van der Waals surface area (Å²) in [7, 11) is 0. The van der Waals surface area contributed by atoms with Crippen molar-refractivity contribution in [2.75, 3.05) is 0 Å². The zero-order valence-electron chi connectivity index (χ0n) is 21.0. The number of aliphatic hydroxyl groups is 4. The maximum Gasteiger partial charge on any atom is 0.125 e. The second-order valence-corrected chi connectivity index (χ2v) is 11.0. The zero-order chi connectivity index (χ0) is 24.4. The molecule has 0 radical (unpaired) electrons. The molecule has 33 heavy (non-hydrogen) atoms. The Labute approximate surface area is 200 Å². The van der Waals surface area contributed by atoms with Gasteiger partial charge in [-0.3, -0.25) is 0 Å². The molecule has 0 aliphatic heterocycles. The summed E-state index contributed by atoms with van der Waals surface area (Å²) in [4.78, 5) is 0. The van der Waals surface area contributed by atoms with Crippen LogP contribution in [0.1, 0.15) is 85.5 Å². The van der Waals surface area contributed by atoms with Gasteiger partial charge in [-0.05, 0) is 85.7 Å². The van der Waals surface area contributed by atoms with Crippen LogP contribution < -0.4 is 0 Å². The summed E-state index contributed by atoms with van der Waals surface area (Å²) in [6.45, 7) is 12.4. The van der Waals surface area contributed by atoms with E-state index in [1.165, 1.54) is 5.57 Å². The van der Waals surface area contributed by atoms with E-state index in [2.05, 4.69) is 44.4 Å². The first kappa shape index (κ1) is 26.2. The van der Waals surface area contributed by atoms with Gasteiger partial charge in [-0.1, -0.05) is 63.8 Å². The normalized spacial score (nSPS) is 36.9. The number of hydrogen-bond acceptors (Lipinski definition) is 4. The van der Waals surface area contributed by atoms with Crippen LogP contribution in [0, 0.1) is 35.0 Å². The predicted molar refractivity (Wildman–Crippen MR) is 133 cm³/mol. The lowest BCUT2D eigenvalue weighted by Crippen LogP contribution is -2.39. The van der Waals surface area contributed by atoms with Crippen LogP contribution in [-0.2, 0) is 0 Å². The molecule has 0 aromatic heterocycles. The van der Waals surface area contributed by atoms with Crippen LogP contribution in [0.15, 0.2) is 35.5 Å². The molecule has 0 aromatic rings. The highest BCUT2D eigenvalue weighted by Gasteiger charge is 2.51. The Balaban J connectivity index is 1.78. The van der Waals surface area contributed by atoms with E-state index in [-0.39, 0.29) is 11.3 Å². The van der Waals surface area contributed by atoms with Crippen molar-refractivity contribution in [3.63, 3.8) is 0 Å². The van der Waals surface area contributed by atoms with E-state index in [1.54, 1.807) is 0 Å². The fraction of sp³-hybridized carbons (Fsp3) is 0.724. The van der Waals surface area contributed by atoms with E-state index < -0.39 is 23.9 Å². The van der Waals surface area contributed by atoms with Crippen LogP contribution in [0.25, 0.3) is 0 Å². The number of allylic oxidation sites excluding steroid dienone is 3. The van der Waals surface area contributed by atoms with Crippen molar-refractivity contribution < 1.29 is 20.4 Å². The third kappa shape index (κ3) is 5.49. The van der Waals surface area contributed by atoms with Crippen LogP contribution in [-0.4, -0.2) is 44.3 Å². The van der Waals surface area contributed by atoms with Gasteiger partial charge in [0.2, 0.25) is 0 Å². The van der Waals surface area contributed by atoms with Crippen molar-refractivity contribution in [3.05, 3.63) is 35.5 Å². The molecule has 4 heteroatoms. The van der Waals surface area contributed by atoms with Crippen molar-refractivity contribution in [2.45, 2.75) is 109 Å². The molecule has 4 N–H and O–H groups in total. The molecule has 0 amide bonds. The van der Waals surface area contributed by atoms with Crippen molar-refractivity contribution in [1.29, 1.82) is 0 Å². The summed E-state index contributed by atoms with van der Waals surface area (Å²) in [5.74, 6) is 6.84. The Morgan fingerprint density at radius 2 is 1.91 bits per heavy atom. The van der Waals surface area contributed by atoms with E-state index in [0.717, 1.165) is 43.3 Å². The second kappa shape index (κ2) is 10.5. The molecule has 0 spiro atoms. The van der Waals surface area contributed by atoms with Gasteiger partial charge in [0.05, 0.1) is 12.2 Å². The molecule has 0 aromatic carbocycles. The highest BCUT2D eigenvalue weighted by atomic mass is 16.3. The Bertz CT molecular complexity index is 839. The molecule has 0 bridgehead atoms. The molecule has 0 saturated heterocycles. The molecule has 3 aliphatic rings. The average Bonchev–Trinajstić information content (AvgIpc) is 3.15. The highest BCUT2D eigenvalue weighted by Crippen LogP contribution is 2.59. The number of fused-ring (bicyclic) bond motifs is 1. The number of aliphatic hydroxyl groups excluding tert-OH is 3. The average molecular weight is 457 g/mol. The first-order valence-corrected chi connectivity index (χ1v) is 12.9. The molecule has 3 aliphatic carbocycles. The maximum atomic E-state index is 10.9. The lowest BCUT2D eigenvalue weighted by Gasteiger charge is -2.44. The van der Waals surface area contributed by atoms with Crippen molar-refractivity contribution in [3.8, 4) is 11.8 Å². The van der Waals surface area contributed by atoms with Crippen molar-refractivity contribution >= 4 is 0 Å². The fourth-order valence-corrected chi connectivity index (χ4v) is 6.59. The monoisotopic (exact) mass is 456 g/mol. The highest BCUT2D eigenvalue weighted by molar-refractivity contribution is 5.38. The van der Waals surface area contributed by atoms with Gasteiger partial charge in [0.15, 0.2) is 0 Å². The summed E-state index contributed by atoms with van der Waals surface area (Å²) < 4.78 is 0. The van der Waals surface area contributed by atoms with Crippen LogP contribution in [0.2, 0.25) is 0 Å². The van der Waals surface area contributed by atoms with Gasteiger partial charge in [-0.25, -0.2) is 0 Å². The molecule has 0 heterocycles. The fourth-order valence-electron chi connectivity index (χ4n) is 6.59. The maximum absolute atomic E-state index is 10.9. The minimum atomic E-state index is -1.01. The van der Waals surface area contributed by atoms with E-state index in [0.29, 0.717) is 37.5 Å². The summed E-state index contributed by atoms with van der Waals surface area (Å²) in [6, 6.07) is 0. The third-order valence-electron chi connectivity index (χ3n) is 9.06. The summed E-state index contributed by atoms with van der Waals surface area (Å²) in [6.07, 6.45) is 9.97. The molecular formula is C29H44O4. The van der Waals surface area contributed by atoms with E-state index in [9.17, 15) is 20.4 Å². The lowest BCUT2D eigenvalue weighted by molar-refractivity contribution is 0.0446. The molecule has 3 saturated carbocycles. The van der Waals surface area contributed by atoms with Gasteiger partial charge in [-0.15, -0.1) is 0 Å². The number of rotatable bonds is 5. The van der Waals surface area contributed by atoms with E-state index in [1.807, 2.05) is 13.8 Å². The third-order valence-corrected chi connectivity index (χ3v) is 9.06. The first-order chi connectivity index (χ1) is 15.5. The molecule has 3 fully saturated rings. The Hall–Kier alpha value is -1.38. The Morgan fingerprint density at radius 3 is 2.58 bits per heavy atom. The molecule has 7 atom stereocenters. The summed E-state index contributed by atoms with van der Waals surface area (Å²) in [5.41, 5.74) is 2.24. The molecule has 184 valence electrons. The Kier molecular flexibility index (Phi) is 8.33. The number of hydrogen-bond donors (Lipinski definition) is 4. The standard InChI is InChI=1S/C29H44O4/c1-6-29(33,7-2)16-14-26(31)20(4)24-12-13-25-21(9-8-15-28(24,25)5)10-11-22-17-23(30)18-27(32)19(22)3/h10-11,20,23-27,30-33H,3,6-9,12-13,15,17-18H2,1-2,4-5H3/b21-10+,22-11-/t20-,23-,24-,25+,26+,27+,28-/m1/s1. The minimum absolute atomic E-state index is 0.0478. The summed E-state index contributed by atoms with van der Waals surface area (Å²) in [5, 5.41) is 41.6. The van der Waals surface area contributed by atoms with Crippen LogP contribution in [0.4, 0.5) is 0 Å². The molecule has 4 nitrogen and oxygen atoms in total. The summed E-state index contributed by atoms with van der Waals surface area (Å²) >= 11 is 0. The quantitative estimate of drug-likeness (QED) is 0.453. The van der Waals surface area contributed by atoms with E-state index >= 15 is 0 Å². The van der Waals surface area contributed by atoms with Crippen molar-refractivity contribution in [2.24, 2.45) is 23.2 Å². The smallest absolute Gasteiger partial charge is 0.125 e. The second-order valence-electron chi connectivity index (χ2n) is 11.0. The van der Waals surface area contributed by atoms with Gasteiger partial charge in [0, 0.05) is 6.42 Å². The topological polar surface area (TPSA) is 80.9 Å². The first-order valence-electron chi connectivity index (χ1n) is 12.9. The van der Waals surface area contributed by atoms with Crippen LogP contribution >= 0.6 is 0 Å². The lowest BCUT2D eigenvalue weighted by atomic mass is 9.60. The van der Waals surface area contributed by atoms with Gasteiger partial charge in [0.25, 0.3) is 0 Å². The minimum Gasteiger partial charge on any atom is -0.393 e. The Morgan fingerprint density at radius 1 is 1.21 bits per heavy atom. The van der Waals surface area contributed by atoms with E-state index in [4.69, 9.17) is 0 Å². The van der Waals surface area contributed by atoms with Crippen LogP contribution in [0.5, 0.6) is 0 Å². The largest absolute Gasteiger partial charge is 0.393 e. The van der Waals surface area contributed by atoms with Crippen molar-refractivity contribution in [1.82, 2.24) is 0 Å². The van der Waals surface area contributed by atoms with Gasteiger partial charge >= 0.3 is 0 Å². The van der Waals surface area contributed by atoms with Gasteiger partial charge in [0.1, 0.15) is 11.7 Å². The zero-order valence-corrected chi connectivity index (χ0v) is 21.0. The van der Waals surface area contributed by atoms with Crippen LogP contribution in [0.3, 0.4) is 0 Å².